The lowest BCUT2D eigenvalue weighted by atomic mass is 10.1. The zero-order valence-corrected chi connectivity index (χ0v) is 16.2. The number of hydrogen-bond donors (Lipinski definition) is 0. The van der Waals surface area contributed by atoms with Gasteiger partial charge in [-0.25, -0.2) is 0 Å². The van der Waals surface area contributed by atoms with Crippen molar-refractivity contribution >= 4 is 35.1 Å². The van der Waals surface area contributed by atoms with E-state index in [1.807, 2.05) is 6.07 Å². The van der Waals surface area contributed by atoms with E-state index >= 15 is 0 Å². The number of furan rings is 1. The molecule has 0 saturated carbocycles. The topological polar surface area (TPSA) is 48.7 Å². The predicted octanol–water partition coefficient (Wildman–Crippen LogP) is 6.17. The fourth-order valence-electron chi connectivity index (χ4n) is 2.53. The van der Waals surface area contributed by atoms with Gasteiger partial charge in [0.05, 0.1) is 29.8 Å². The number of rotatable bonds is 6. The van der Waals surface area contributed by atoms with E-state index in [1.54, 1.807) is 55.7 Å². The van der Waals surface area contributed by atoms with Crippen LogP contribution in [0.3, 0.4) is 0 Å². The summed E-state index contributed by atoms with van der Waals surface area (Å²) >= 11 is 12.3. The highest BCUT2D eigenvalue weighted by Crippen LogP contribution is 2.34. The molecular weight excluding hydrogens is 387 g/mol. The Labute approximate surface area is 166 Å². The van der Waals surface area contributed by atoms with Crippen LogP contribution in [0.5, 0.6) is 11.5 Å². The number of ether oxygens (including phenoxy) is 2. The van der Waals surface area contributed by atoms with Gasteiger partial charge in [-0.05, 0) is 48.6 Å². The minimum Gasteiger partial charge on any atom is -0.497 e. The summed E-state index contributed by atoms with van der Waals surface area (Å²) in [6.07, 6.45) is 3.01. The van der Waals surface area contributed by atoms with E-state index < -0.39 is 0 Å². The number of carbonyl (C=O) groups is 1. The van der Waals surface area contributed by atoms with Crippen LogP contribution in [0, 0.1) is 0 Å². The Morgan fingerprint density at radius 3 is 2.59 bits per heavy atom. The predicted molar refractivity (Wildman–Crippen MR) is 107 cm³/mol. The first kappa shape index (κ1) is 19.1. The molecule has 2 aromatic carbocycles. The number of benzene rings is 2. The van der Waals surface area contributed by atoms with Crippen molar-refractivity contribution in [2.24, 2.45) is 0 Å². The van der Waals surface area contributed by atoms with E-state index in [0.29, 0.717) is 44.2 Å². The lowest BCUT2D eigenvalue weighted by Gasteiger charge is -2.07. The average Bonchev–Trinajstić information content (AvgIpc) is 3.16. The normalized spacial score (nSPS) is 11.0. The maximum atomic E-state index is 12.5. The van der Waals surface area contributed by atoms with Crippen molar-refractivity contribution in [3.63, 3.8) is 0 Å². The largest absolute Gasteiger partial charge is 0.497 e. The Kier molecular flexibility index (Phi) is 5.89. The Bertz CT molecular complexity index is 1010. The maximum absolute atomic E-state index is 12.5. The van der Waals surface area contributed by atoms with Crippen LogP contribution < -0.4 is 9.47 Å². The first-order valence-electron chi connectivity index (χ1n) is 8.02. The fourth-order valence-corrected chi connectivity index (χ4v) is 2.92. The molecule has 0 spiro atoms. The van der Waals surface area contributed by atoms with Gasteiger partial charge in [0.1, 0.15) is 23.0 Å². The molecule has 3 rings (SSSR count). The highest BCUT2D eigenvalue weighted by molar-refractivity contribution is 6.43. The van der Waals surface area contributed by atoms with Crippen molar-refractivity contribution in [1.82, 2.24) is 0 Å². The number of halogens is 2. The molecule has 0 radical (unpaired) electrons. The van der Waals surface area contributed by atoms with Crippen molar-refractivity contribution in [2.75, 3.05) is 14.2 Å². The van der Waals surface area contributed by atoms with Crippen molar-refractivity contribution in [3.05, 3.63) is 76.0 Å². The second-order valence-electron chi connectivity index (χ2n) is 5.57. The van der Waals surface area contributed by atoms with E-state index in [0.717, 1.165) is 0 Å². The van der Waals surface area contributed by atoms with Crippen LogP contribution in [0.2, 0.25) is 10.0 Å². The summed E-state index contributed by atoms with van der Waals surface area (Å²) < 4.78 is 16.2. The van der Waals surface area contributed by atoms with E-state index in [1.165, 1.54) is 13.2 Å². The first-order valence-corrected chi connectivity index (χ1v) is 8.77. The molecule has 4 nitrogen and oxygen atoms in total. The number of hydrogen-bond acceptors (Lipinski definition) is 4. The van der Waals surface area contributed by atoms with Gasteiger partial charge in [-0.3, -0.25) is 4.79 Å². The van der Waals surface area contributed by atoms with Crippen molar-refractivity contribution in [1.29, 1.82) is 0 Å². The van der Waals surface area contributed by atoms with Crippen molar-refractivity contribution in [2.45, 2.75) is 0 Å². The van der Waals surface area contributed by atoms with Gasteiger partial charge in [0, 0.05) is 11.6 Å². The van der Waals surface area contributed by atoms with E-state index in [9.17, 15) is 4.79 Å². The van der Waals surface area contributed by atoms with Crippen LogP contribution in [0.15, 0.2) is 59.0 Å². The van der Waals surface area contributed by atoms with Crippen LogP contribution in [-0.2, 0) is 0 Å². The van der Waals surface area contributed by atoms with E-state index in [2.05, 4.69) is 0 Å². The number of ketones is 1. The Balaban J connectivity index is 1.82. The molecule has 27 heavy (non-hydrogen) atoms. The van der Waals surface area contributed by atoms with Crippen LogP contribution in [0.25, 0.3) is 17.4 Å². The Hall–Kier alpha value is -2.69. The van der Waals surface area contributed by atoms with Gasteiger partial charge in [-0.15, -0.1) is 0 Å². The number of carbonyl (C=O) groups excluding carboxylic acids is 1. The molecule has 0 fully saturated rings. The summed E-state index contributed by atoms with van der Waals surface area (Å²) in [6.45, 7) is 0. The molecule has 3 aromatic rings. The van der Waals surface area contributed by atoms with Gasteiger partial charge in [0.2, 0.25) is 0 Å². The molecule has 0 N–H and O–H groups in total. The summed E-state index contributed by atoms with van der Waals surface area (Å²) in [5.74, 6) is 1.92. The fraction of sp³-hybridized carbons (Fsp3) is 0.0952. The zero-order valence-electron chi connectivity index (χ0n) is 14.7. The van der Waals surface area contributed by atoms with Gasteiger partial charge in [-0.2, -0.15) is 0 Å². The molecule has 0 aliphatic heterocycles. The molecular formula is C21H16Cl2O4. The summed E-state index contributed by atoms with van der Waals surface area (Å²) in [6, 6.07) is 13.9. The van der Waals surface area contributed by atoms with Gasteiger partial charge < -0.3 is 13.9 Å². The van der Waals surface area contributed by atoms with Gasteiger partial charge in [0.25, 0.3) is 0 Å². The average molecular weight is 403 g/mol. The van der Waals surface area contributed by atoms with Gasteiger partial charge in [-0.1, -0.05) is 29.3 Å². The smallest absolute Gasteiger partial charge is 0.189 e. The first-order chi connectivity index (χ1) is 13.0. The quantitative estimate of drug-likeness (QED) is 0.365. The van der Waals surface area contributed by atoms with E-state index in [-0.39, 0.29) is 5.78 Å². The Morgan fingerprint density at radius 1 is 1.04 bits per heavy atom. The van der Waals surface area contributed by atoms with Crippen LogP contribution >= 0.6 is 23.2 Å². The highest BCUT2D eigenvalue weighted by Gasteiger charge is 2.12. The highest BCUT2D eigenvalue weighted by atomic mass is 35.5. The molecule has 6 heteroatoms. The second-order valence-corrected chi connectivity index (χ2v) is 6.35. The lowest BCUT2D eigenvalue weighted by Crippen LogP contribution is -1.99. The SMILES string of the molecule is COc1ccc(C(=O)/C=C/c2ccc(-c3cccc(Cl)c3Cl)o2)c(OC)c1. The monoisotopic (exact) mass is 402 g/mol. The molecule has 138 valence electrons. The van der Waals surface area contributed by atoms with Crippen molar-refractivity contribution in [3.8, 4) is 22.8 Å². The molecule has 0 amide bonds. The van der Waals surface area contributed by atoms with E-state index in [4.69, 9.17) is 37.1 Å². The third-order valence-electron chi connectivity index (χ3n) is 3.92. The van der Waals surface area contributed by atoms with Crippen LogP contribution in [0.4, 0.5) is 0 Å². The van der Waals surface area contributed by atoms with Crippen LogP contribution in [-0.4, -0.2) is 20.0 Å². The molecule has 0 aliphatic carbocycles. The second kappa shape index (κ2) is 8.33. The molecule has 0 saturated heterocycles. The molecule has 0 atom stereocenters. The number of allylic oxidation sites excluding steroid dienone is 1. The summed E-state index contributed by atoms with van der Waals surface area (Å²) in [7, 11) is 3.06. The molecule has 1 aromatic heterocycles. The standard InChI is InChI=1S/C21H16Cl2O4/c1-25-14-6-9-15(20(12-14)26-2)18(24)10-7-13-8-11-19(27-13)16-4-3-5-17(22)21(16)23/h3-12H,1-2H3/b10-7+. The molecule has 0 bridgehead atoms. The Morgan fingerprint density at radius 2 is 1.85 bits per heavy atom. The van der Waals surface area contributed by atoms with Gasteiger partial charge in [0.15, 0.2) is 5.78 Å². The minimum absolute atomic E-state index is 0.215. The number of methoxy groups -OCH3 is 2. The summed E-state index contributed by atoms with van der Waals surface area (Å²) in [4.78, 5) is 12.5. The molecule has 0 aliphatic rings. The lowest BCUT2D eigenvalue weighted by molar-refractivity contribution is 0.104. The summed E-state index contributed by atoms with van der Waals surface area (Å²) in [5.41, 5.74) is 1.12. The summed E-state index contributed by atoms with van der Waals surface area (Å²) in [5, 5.41) is 0.868. The molecule has 1 heterocycles. The zero-order chi connectivity index (χ0) is 19.4. The minimum atomic E-state index is -0.215. The van der Waals surface area contributed by atoms with Crippen LogP contribution in [0.1, 0.15) is 16.1 Å². The third kappa shape index (κ3) is 4.18. The third-order valence-corrected chi connectivity index (χ3v) is 4.74. The van der Waals surface area contributed by atoms with Gasteiger partial charge >= 0.3 is 0 Å². The maximum Gasteiger partial charge on any atom is 0.189 e. The van der Waals surface area contributed by atoms with Crippen molar-refractivity contribution < 1.29 is 18.7 Å². The molecule has 0 unspecified atom stereocenters.